The highest BCUT2D eigenvalue weighted by Crippen LogP contribution is 2.28. The molecule has 0 aromatic carbocycles. The molecule has 1 unspecified atom stereocenters. The molecule has 0 aromatic rings. The van der Waals surface area contributed by atoms with E-state index in [1.807, 2.05) is 0 Å². The van der Waals surface area contributed by atoms with E-state index in [-0.39, 0.29) is 6.54 Å². The first kappa shape index (κ1) is 13.2. The molecule has 1 N–H and O–H groups in total. The first-order valence-electron chi connectivity index (χ1n) is 5.19. The predicted octanol–water partition coefficient (Wildman–Crippen LogP) is 1.46. The van der Waals surface area contributed by atoms with Gasteiger partial charge >= 0.3 is 6.09 Å². The lowest BCUT2D eigenvalue weighted by Crippen LogP contribution is -2.41. The summed E-state index contributed by atoms with van der Waals surface area (Å²) in [6.45, 7) is 4.49. The summed E-state index contributed by atoms with van der Waals surface area (Å²) < 4.78 is 31.7. The first-order valence-corrected chi connectivity index (χ1v) is 5.19. The van der Waals surface area contributed by atoms with Crippen LogP contribution in [0.2, 0.25) is 0 Å². The fraction of sp³-hybridized carbons (Fsp3) is 0.900. The summed E-state index contributed by atoms with van der Waals surface area (Å²) in [6.07, 6.45) is -0.690. The zero-order valence-electron chi connectivity index (χ0n) is 10.0. The Morgan fingerprint density at radius 3 is 2.44 bits per heavy atom. The van der Waals surface area contributed by atoms with Crippen LogP contribution in [0.4, 0.5) is 13.6 Å². The van der Waals surface area contributed by atoms with Gasteiger partial charge in [-0.25, -0.2) is 13.6 Å². The third-order valence-electron chi connectivity index (χ3n) is 2.31. The molecule has 1 heterocycles. The molecular formula is C10H18F2N2O2. The molecule has 0 aliphatic carbocycles. The molecule has 0 spiro atoms. The number of likely N-dealkylation sites (N-methyl/N-ethyl adjacent to an activating group) is 1. The van der Waals surface area contributed by atoms with Gasteiger partial charge in [0, 0.05) is 6.54 Å². The lowest BCUT2D eigenvalue weighted by atomic mass is 10.2. The van der Waals surface area contributed by atoms with Gasteiger partial charge in [0.1, 0.15) is 5.60 Å². The number of alkyl halides is 2. The van der Waals surface area contributed by atoms with Gasteiger partial charge in [0.15, 0.2) is 0 Å². The average molecular weight is 236 g/mol. The first-order chi connectivity index (χ1) is 7.15. The Morgan fingerprint density at radius 2 is 2.06 bits per heavy atom. The monoisotopic (exact) mass is 236 g/mol. The van der Waals surface area contributed by atoms with E-state index in [1.54, 1.807) is 20.8 Å². The van der Waals surface area contributed by atoms with E-state index in [2.05, 4.69) is 5.32 Å². The van der Waals surface area contributed by atoms with Crippen LogP contribution in [-0.4, -0.2) is 48.7 Å². The van der Waals surface area contributed by atoms with E-state index < -0.39 is 30.2 Å². The standard InChI is InChI=1S/C10H18F2N2O2/c1-9(2,3)16-8(15)14-5-7(13-4)10(11,12)6-14/h7,13H,5-6H2,1-4H3. The van der Waals surface area contributed by atoms with Gasteiger partial charge in [-0.2, -0.15) is 0 Å². The molecular weight excluding hydrogens is 218 g/mol. The molecule has 4 nitrogen and oxygen atoms in total. The maximum absolute atomic E-state index is 13.3. The zero-order valence-corrected chi connectivity index (χ0v) is 10.0. The number of amides is 1. The molecule has 94 valence electrons. The summed E-state index contributed by atoms with van der Waals surface area (Å²) in [6, 6.07) is -1.000. The van der Waals surface area contributed by atoms with Crippen molar-refractivity contribution < 1.29 is 18.3 Å². The Hall–Kier alpha value is -0.910. The number of nitrogens with one attached hydrogen (secondary N) is 1. The van der Waals surface area contributed by atoms with Crippen molar-refractivity contribution in [2.24, 2.45) is 0 Å². The minimum atomic E-state index is -2.90. The van der Waals surface area contributed by atoms with Crippen molar-refractivity contribution in [1.82, 2.24) is 10.2 Å². The number of ether oxygens (including phenoxy) is 1. The maximum atomic E-state index is 13.3. The minimum absolute atomic E-state index is 0.0294. The number of rotatable bonds is 1. The van der Waals surface area contributed by atoms with Gasteiger partial charge in [-0.15, -0.1) is 0 Å². The molecule has 1 amide bonds. The summed E-state index contributed by atoms with van der Waals surface area (Å²) >= 11 is 0. The van der Waals surface area contributed by atoms with Crippen LogP contribution in [-0.2, 0) is 4.74 Å². The number of carbonyl (C=O) groups is 1. The van der Waals surface area contributed by atoms with E-state index in [9.17, 15) is 13.6 Å². The lowest BCUT2D eigenvalue weighted by Gasteiger charge is -2.24. The Kier molecular flexibility index (Phi) is 3.42. The van der Waals surface area contributed by atoms with E-state index >= 15 is 0 Å². The number of hydrogen-bond donors (Lipinski definition) is 1. The SMILES string of the molecule is CNC1CN(C(=O)OC(C)(C)C)CC1(F)F. The molecule has 6 heteroatoms. The van der Waals surface area contributed by atoms with Crippen molar-refractivity contribution in [3.8, 4) is 0 Å². The van der Waals surface area contributed by atoms with Gasteiger partial charge in [0.2, 0.25) is 0 Å². The van der Waals surface area contributed by atoms with E-state index in [0.717, 1.165) is 4.90 Å². The number of likely N-dealkylation sites (tertiary alicyclic amines) is 1. The second kappa shape index (κ2) is 4.16. The van der Waals surface area contributed by atoms with Gasteiger partial charge in [0.25, 0.3) is 5.92 Å². The fourth-order valence-electron chi connectivity index (χ4n) is 1.55. The minimum Gasteiger partial charge on any atom is -0.444 e. The second-order valence-corrected chi connectivity index (χ2v) is 4.96. The highest BCUT2D eigenvalue weighted by atomic mass is 19.3. The molecule has 0 saturated carbocycles. The van der Waals surface area contributed by atoms with Crippen LogP contribution in [0.25, 0.3) is 0 Å². The smallest absolute Gasteiger partial charge is 0.410 e. The summed E-state index contributed by atoms with van der Waals surface area (Å²) in [7, 11) is 1.46. The number of hydrogen-bond acceptors (Lipinski definition) is 3. The molecule has 1 aliphatic rings. The van der Waals surface area contributed by atoms with Crippen LogP contribution in [0, 0.1) is 0 Å². The van der Waals surface area contributed by atoms with Gasteiger partial charge < -0.3 is 15.0 Å². The Labute approximate surface area is 93.9 Å². The molecule has 1 atom stereocenters. The highest BCUT2D eigenvalue weighted by Gasteiger charge is 2.49. The van der Waals surface area contributed by atoms with Gasteiger partial charge in [-0.1, -0.05) is 0 Å². The van der Waals surface area contributed by atoms with Gasteiger partial charge in [0.05, 0.1) is 12.6 Å². The van der Waals surface area contributed by atoms with Crippen LogP contribution < -0.4 is 5.32 Å². The Bertz CT molecular complexity index is 276. The largest absolute Gasteiger partial charge is 0.444 e. The van der Waals surface area contributed by atoms with Crippen LogP contribution in [0.1, 0.15) is 20.8 Å². The molecule has 0 radical (unpaired) electrons. The topological polar surface area (TPSA) is 41.6 Å². The molecule has 0 aromatic heterocycles. The number of halogens is 2. The van der Waals surface area contributed by atoms with Crippen molar-refractivity contribution in [3.05, 3.63) is 0 Å². The summed E-state index contributed by atoms with van der Waals surface area (Å²) in [5.41, 5.74) is -0.663. The highest BCUT2D eigenvalue weighted by molar-refractivity contribution is 5.68. The molecule has 0 bridgehead atoms. The molecule has 1 saturated heterocycles. The normalized spacial score (nSPS) is 24.6. The molecule has 16 heavy (non-hydrogen) atoms. The summed E-state index contributed by atoms with van der Waals surface area (Å²) in [4.78, 5) is 12.6. The average Bonchev–Trinajstić information content (AvgIpc) is 2.37. The van der Waals surface area contributed by atoms with Crippen molar-refractivity contribution >= 4 is 6.09 Å². The number of carbonyl (C=O) groups excluding carboxylic acids is 1. The zero-order chi connectivity index (χ0) is 12.6. The van der Waals surface area contributed by atoms with E-state index in [0.29, 0.717) is 0 Å². The quantitative estimate of drug-likeness (QED) is 0.749. The van der Waals surface area contributed by atoms with Crippen molar-refractivity contribution in [2.45, 2.75) is 38.3 Å². The maximum Gasteiger partial charge on any atom is 0.410 e. The summed E-state index contributed by atoms with van der Waals surface area (Å²) in [5.74, 6) is -2.90. The van der Waals surface area contributed by atoms with Crippen LogP contribution >= 0.6 is 0 Å². The Morgan fingerprint density at radius 1 is 1.50 bits per heavy atom. The van der Waals surface area contributed by atoms with Crippen molar-refractivity contribution in [1.29, 1.82) is 0 Å². The van der Waals surface area contributed by atoms with Gasteiger partial charge in [-0.3, -0.25) is 0 Å². The number of nitrogens with zero attached hydrogens (tertiary/aromatic N) is 1. The lowest BCUT2D eigenvalue weighted by molar-refractivity contribution is -0.0148. The fourth-order valence-corrected chi connectivity index (χ4v) is 1.55. The summed E-state index contributed by atoms with van der Waals surface area (Å²) in [5, 5.41) is 2.50. The Balaban J connectivity index is 2.62. The van der Waals surface area contributed by atoms with Crippen LogP contribution in [0.5, 0.6) is 0 Å². The van der Waals surface area contributed by atoms with E-state index in [1.165, 1.54) is 7.05 Å². The van der Waals surface area contributed by atoms with Crippen molar-refractivity contribution in [3.63, 3.8) is 0 Å². The van der Waals surface area contributed by atoms with Crippen LogP contribution in [0.15, 0.2) is 0 Å². The third-order valence-corrected chi connectivity index (χ3v) is 2.31. The second-order valence-electron chi connectivity index (χ2n) is 4.96. The molecule has 1 fully saturated rings. The molecule has 1 rings (SSSR count). The van der Waals surface area contributed by atoms with Gasteiger partial charge in [-0.05, 0) is 27.8 Å². The molecule has 1 aliphatic heterocycles. The predicted molar refractivity (Wildman–Crippen MR) is 55.6 cm³/mol. The third kappa shape index (κ3) is 3.04. The van der Waals surface area contributed by atoms with Crippen LogP contribution in [0.3, 0.4) is 0 Å². The van der Waals surface area contributed by atoms with Crippen molar-refractivity contribution in [2.75, 3.05) is 20.1 Å². The van der Waals surface area contributed by atoms with E-state index in [4.69, 9.17) is 4.74 Å².